The average molecular weight is 361 g/mol. The molecule has 1 aliphatic carbocycles. The highest BCUT2D eigenvalue weighted by Crippen LogP contribution is 2.40. The summed E-state index contributed by atoms with van der Waals surface area (Å²) in [6, 6.07) is 6.06. The first-order chi connectivity index (χ1) is 13.2. The van der Waals surface area contributed by atoms with Gasteiger partial charge in [0.2, 0.25) is 5.88 Å². The zero-order chi connectivity index (χ0) is 18.5. The van der Waals surface area contributed by atoms with E-state index in [9.17, 15) is 4.79 Å². The van der Waals surface area contributed by atoms with Crippen LogP contribution in [-0.2, 0) is 6.54 Å². The van der Waals surface area contributed by atoms with E-state index in [4.69, 9.17) is 15.5 Å². The number of anilines is 1. The molecule has 2 N–H and O–H groups in total. The molecule has 1 aliphatic heterocycles. The molecule has 7 heteroatoms. The number of rotatable bonds is 3. The van der Waals surface area contributed by atoms with Gasteiger partial charge in [-0.1, -0.05) is 18.2 Å². The fraction of sp³-hybridized carbons (Fsp3) is 0.300. The van der Waals surface area contributed by atoms with Crippen LogP contribution in [0.25, 0.3) is 22.0 Å². The smallest absolute Gasteiger partial charge is 0.258 e. The number of nitrogens with two attached hydrogens (primary N) is 1. The second-order valence-corrected chi connectivity index (χ2v) is 7.01. The number of aromatic nitrogens is 3. The van der Waals surface area contributed by atoms with Crippen molar-refractivity contribution in [2.45, 2.75) is 31.8 Å². The van der Waals surface area contributed by atoms with Crippen molar-refractivity contribution < 1.29 is 9.53 Å². The largest absolute Gasteiger partial charge is 0.480 e. The predicted octanol–water partition coefficient (Wildman–Crippen LogP) is 2.79. The molecule has 0 bridgehead atoms. The minimum absolute atomic E-state index is 0.00706. The van der Waals surface area contributed by atoms with E-state index in [1.807, 2.05) is 23.1 Å². The summed E-state index contributed by atoms with van der Waals surface area (Å²) < 4.78 is 5.39. The molecule has 1 aromatic carbocycles. The van der Waals surface area contributed by atoms with Crippen LogP contribution in [0.1, 0.15) is 35.3 Å². The van der Waals surface area contributed by atoms with Crippen molar-refractivity contribution >= 4 is 22.5 Å². The van der Waals surface area contributed by atoms with Gasteiger partial charge >= 0.3 is 0 Å². The van der Waals surface area contributed by atoms with Crippen molar-refractivity contribution in [1.29, 1.82) is 0 Å². The van der Waals surface area contributed by atoms with Gasteiger partial charge in [0.1, 0.15) is 6.33 Å². The van der Waals surface area contributed by atoms with E-state index in [0.29, 0.717) is 29.7 Å². The lowest BCUT2D eigenvalue weighted by atomic mass is 9.92. The standard InChI is InChI=1S/C20H19N5O2/c1-27-19-14(8-22-10-23-19)12-6-3-7-13-17(21)16-15(24-18(12)13)9-25(20(16)26)11-4-2-5-11/h3,6-8,10-11H,2,4-5,9H2,1H3,(H2,21,24). The first-order valence-electron chi connectivity index (χ1n) is 9.05. The quantitative estimate of drug-likeness (QED) is 0.771. The second kappa shape index (κ2) is 5.90. The monoisotopic (exact) mass is 361 g/mol. The summed E-state index contributed by atoms with van der Waals surface area (Å²) in [5, 5.41) is 0.765. The zero-order valence-corrected chi connectivity index (χ0v) is 15.0. The lowest BCUT2D eigenvalue weighted by Crippen LogP contribution is -2.40. The molecule has 0 atom stereocenters. The Morgan fingerprint density at radius 3 is 2.85 bits per heavy atom. The highest BCUT2D eigenvalue weighted by Gasteiger charge is 2.38. The van der Waals surface area contributed by atoms with Crippen LogP contribution < -0.4 is 10.5 Å². The van der Waals surface area contributed by atoms with Gasteiger partial charge in [-0.2, -0.15) is 0 Å². The van der Waals surface area contributed by atoms with Crippen LogP contribution in [0, 0.1) is 0 Å². The third-order valence-electron chi connectivity index (χ3n) is 5.60. The summed E-state index contributed by atoms with van der Waals surface area (Å²) in [6.07, 6.45) is 6.44. The number of benzene rings is 1. The van der Waals surface area contributed by atoms with Crippen LogP contribution in [0.4, 0.5) is 5.69 Å². The van der Waals surface area contributed by atoms with Crippen LogP contribution in [0.2, 0.25) is 0 Å². The van der Waals surface area contributed by atoms with Crippen LogP contribution >= 0.6 is 0 Å². The predicted molar refractivity (Wildman–Crippen MR) is 101 cm³/mol. The molecular weight excluding hydrogens is 342 g/mol. The third-order valence-corrected chi connectivity index (χ3v) is 5.60. The molecule has 27 heavy (non-hydrogen) atoms. The molecule has 3 aromatic rings. The molecule has 0 spiro atoms. The van der Waals surface area contributed by atoms with Gasteiger partial charge in [0, 0.05) is 23.2 Å². The Labute approximate surface area is 156 Å². The number of ether oxygens (including phenoxy) is 1. The van der Waals surface area contributed by atoms with E-state index < -0.39 is 0 Å². The van der Waals surface area contributed by atoms with Gasteiger partial charge in [-0.25, -0.2) is 15.0 Å². The summed E-state index contributed by atoms with van der Waals surface area (Å²) in [5.41, 5.74) is 10.6. The molecule has 1 saturated carbocycles. The molecule has 1 fully saturated rings. The number of pyridine rings is 1. The average Bonchev–Trinajstić information content (AvgIpc) is 2.96. The molecule has 0 saturated heterocycles. The van der Waals surface area contributed by atoms with Crippen molar-refractivity contribution in [1.82, 2.24) is 19.9 Å². The first-order valence-corrected chi connectivity index (χ1v) is 9.05. The van der Waals surface area contributed by atoms with Gasteiger partial charge < -0.3 is 15.4 Å². The number of carbonyl (C=O) groups is 1. The number of fused-ring (bicyclic) bond motifs is 2. The Morgan fingerprint density at radius 2 is 2.11 bits per heavy atom. The molecule has 2 aliphatic rings. The number of nitrogens with zero attached hydrogens (tertiary/aromatic N) is 4. The van der Waals surface area contributed by atoms with Gasteiger partial charge in [0.25, 0.3) is 5.91 Å². The maximum absolute atomic E-state index is 12.9. The summed E-state index contributed by atoms with van der Waals surface area (Å²) in [7, 11) is 1.58. The van der Waals surface area contributed by atoms with E-state index in [1.54, 1.807) is 13.3 Å². The van der Waals surface area contributed by atoms with Crippen molar-refractivity contribution in [3.05, 3.63) is 42.0 Å². The van der Waals surface area contributed by atoms with E-state index in [1.165, 1.54) is 12.7 Å². The Kier molecular flexibility index (Phi) is 3.50. The van der Waals surface area contributed by atoms with Gasteiger partial charge in [-0.05, 0) is 19.3 Å². The minimum Gasteiger partial charge on any atom is -0.480 e. The Morgan fingerprint density at radius 1 is 1.26 bits per heavy atom. The lowest BCUT2D eigenvalue weighted by Gasteiger charge is -2.34. The molecular formula is C20H19N5O2. The molecule has 0 radical (unpaired) electrons. The van der Waals surface area contributed by atoms with Crippen LogP contribution in [0.15, 0.2) is 30.7 Å². The Bertz CT molecular complexity index is 1080. The highest BCUT2D eigenvalue weighted by atomic mass is 16.5. The number of hydrogen-bond acceptors (Lipinski definition) is 6. The summed E-state index contributed by atoms with van der Waals surface area (Å²) in [6.45, 7) is 0.524. The van der Waals surface area contributed by atoms with E-state index in [2.05, 4.69) is 9.97 Å². The number of carbonyl (C=O) groups excluding carboxylic acids is 1. The number of hydrogen-bond donors (Lipinski definition) is 1. The number of nitrogen functional groups attached to an aromatic ring is 1. The van der Waals surface area contributed by atoms with Gasteiger partial charge in [0.05, 0.1) is 41.7 Å². The number of methoxy groups -OCH3 is 1. The zero-order valence-electron chi connectivity index (χ0n) is 15.0. The van der Waals surface area contributed by atoms with Crippen LogP contribution in [-0.4, -0.2) is 38.9 Å². The highest BCUT2D eigenvalue weighted by molar-refractivity contribution is 6.11. The minimum atomic E-state index is 0.00706. The topological polar surface area (TPSA) is 94.2 Å². The van der Waals surface area contributed by atoms with Gasteiger partial charge in [0.15, 0.2) is 0 Å². The Balaban J connectivity index is 1.71. The normalized spacial score (nSPS) is 16.5. The molecule has 7 nitrogen and oxygen atoms in total. The van der Waals surface area contributed by atoms with E-state index >= 15 is 0 Å². The van der Waals surface area contributed by atoms with Crippen LogP contribution in [0.5, 0.6) is 5.88 Å². The first kappa shape index (κ1) is 16.0. The molecule has 2 aromatic heterocycles. The van der Waals surface area contributed by atoms with E-state index in [-0.39, 0.29) is 5.91 Å². The van der Waals surface area contributed by atoms with Crippen molar-refractivity contribution in [2.24, 2.45) is 0 Å². The van der Waals surface area contributed by atoms with Crippen molar-refractivity contribution in [3.8, 4) is 17.0 Å². The van der Waals surface area contributed by atoms with E-state index in [0.717, 1.165) is 40.6 Å². The SMILES string of the molecule is COc1ncncc1-c1cccc2c(N)c3c(nc12)CN(C1CCC1)C3=O. The summed E-state index contributed by atoms with van der Waals surface area (Å²) >= 11 is 0. The molecule has 136 valence electrons. The third kappa shape index (κ3) is 2.27. The van der Waals surface area contributed by atoms with Crippen LogP contribution in [0.3, 0.4) is 0 Å². The molecule has 1 amide bonds. The Hall–Kier alpha value is -3.22. The lowest BCUT2D eigenvalue weighted by molar-refractivity contribution is 0.0606. The molecule has 5 rings (SSSR count). The number of amides is 1. The maximum Gasteiger partial charge on any atom is 0.258 e. The fourth-order valence-corrected chi connectivity index (χ4v) is 3.97. The fourth-order valence-electron chi connectivity index (χ4n) is 3.97. The summed E-state index contributed by atoms with van der Waals surface area (Å²) in [4.78, 5) is 28.0. The van der Waals surface area contributed by atoms with Crippen molar-refractivity contribution in [2.75, 3.05) is 12.8 Å². The summed E-state index contributed by atoms with van der Waals surface area (Å²) in [5.74, 6) is 0.484. The van der Waals surface area contributed by atoms with Gasteiger partial charge in [-0.15, -0.1) is 0 Å². The van der Waals surface area contributed by atoms with Crippen molar-refractivity contribution in [3.63, 3.8) is 0 Å². The molecule has 3 heterocycles. The second-order valence-electron chi connectivity index (χ2n) is 7.01. The van der Waals surface area contributed by atoms with Gasteiger partial charge in [-0.3, -0.25) is 4.79 Å². The maximum atomic E-state index is 12.9. The molecule has 0 unspecified atom stereocenters. The number of para-hydroxylation sites is 1.